The predicted octanol–water partition coefficient (Wildman–Crippen LogP) is 2.25. The Kier molecular flexibility index (Phi) is 5.89. The molecule has 3 fully saturated rings. The zero-order chi connectivity index (χ0) is 21.0. The fourth-order valence-corrected chi connectivity index (χ4v) is 4.33. The van der Waals surface area contributed by atoms with Gasteiger partial charge in [-0.1, -0.05) is 42.2 Å². The number of benzene rings is 1. The maximum Gasteiger partial charge on any atom is 0.141 e. The summed E-state index contributed by atoms with van der Waals surface area (Å²) in [6.07, 6.45) is 9.35. The summed E-state index contributed by atoms with van der Waals surface area (Å²) in [6, 6.07) is 12.2. The van der Waals surface area contributed by atoms with Crippen molar-refractivity contribution in [3.63, 3.8) is 0 Å². The molecule has 1 unspecified atom stereocenters. The molecule has 0 amide bonds. The second-order valence-corrected chi connectivity index (χ2v) is 8.12. The van der Waals surface area contributed by atoms with E-state index >= 15 is 0 Å². The Morgan fingerprint density at radius 1 is 1.27 bits per heavy atom. The summed E-state index contributed by atoms with van der Waals surface area (Å²) in [7, 11) is 0. The fraction of sp³-hybridized carbons (Fsp3) is 0.320. The molecule has 2 bridgehead atoms. The summed E-state index contributed by atoms with van der Waals surface area (Å²) in [6.45, 7) is 2.76. The molecule has 5 N–H and O–H groups in total. The van der Waals surface area contributed by atoms with Crippen LogP contribution in [0.2, 0.25) is 0 Å². The molecule has 5 heteroatoms. The molecule has 0 spiro atoms. The van der Waals surface area contributed by atoms with Gasteiger partial charge in [-0.25, -0.2) is 0 Å². The van der Waals surface area contributed by atoms with Crippen LogP contribution in [0.15, 0.2) is 60.9 Å². The average molecular weight is 401 g/mol. The SMILES string of the molecule is N/C=C\C=C(/N)c1cc(Cc2ccccc2)c(C#CC2(O)CN3CCC2CC3)cn1. The normalized spacial score (nSPS) is 25.8. The van der Waals surface area contributed by atoms with Crippen LogP contribution in [0.1, 0.15) is 35.2 Å². The lowest BCUT2D eigenvalue weighted by molar-refractivity contribution is -0.0713. The zero-order valence-electron chi connectivity index (χ0n) is 17.1. The highest BCUT2D eigenvalue weighted by molar-refractivity contribution is 5.63. The smallest absolute Gasteiger partial charge is 0.141 e. The zero-order valence-corrected chi connectivity index (χ0v) is 17.1. The van der Waals surface area contributed by atoms with Gasteiger partial charge in [-0.15, -0.1) is 0 Å². The largest absolute Gasteiger partial charge is 0.405 e. The Morgan fingerprint density at radius 2 is 2.03 bits per heavy atom. The molecule has 154 valence electrons. The van der Waals surface area contributed by atoms with Crippen LogP contribution in [0, 0.1) is 17.8 Å². The topological polar surface area (TPSA) is 88.4 Å². The third-order valence-corrected chi connectivity index (χ3v) is 6.05. The molecule has 3 aliphatic heterocycles. The van der Waals surface area contributed by atoms with Crippen molar-refractivity contribution in [3.05, 3.63) is 83.3 Å². The van der Waals surface area contributed by atoms with Crippen molar-refractivity contribution in [3.8, 4) is 11.8 Å². The second kappa shape index (κ2) is 8.74. The van der Waals surface area contributed by atoms with Crippen LogP contribution in [0.5, 0.6) is 0 Å². The minimum Gasteiger partial charge on any atom is -0.405 e. The lowest BCUT2D eigenvalue weighted by Crippen LogP contribution is -2.58. The molecule has 5 nitrogen and oxygen atoms in total. The van der Waals surface area contributed by atoms with Crippen molar-refractivity contribution < 1.29 is 5.11 Å². The molecule has 3 aliphatic rings. The maximum atomic E-state index is 11.2. The number of piperidine rings is 3. The van der Waals surface area contributed by atoms with Crippen LogP contribution >= 0.6 is 0 Å². The summed E-state index contributed by atoms with van der Waals surface area (Å²) in [4.78, 5) is 6.81. The molecule has 1 aromatic carbocycles. The van der Waals surface area contributed by atoms with E-state index in [4.69, 9.17) is 11.5 Å². The number of nitrogens with two attached hydrogens (primary N) is 2. The second-order valence-electron chi connectivity index (χ2n) is 8.12. The first-order valence-electron chi connectivity index (χ1n) is 10.4. The number of hydrogen-bond acceptors (Lipinski definition) is 5. The molecular formula is C25H28N4O. The van der Waals surface area contributed by atoms with Crippen LogP contribution in [0.25, 0.3) is 5.70 Å². The van der Waals surface area contributed by atoms with Crippen molar-refractivity contribution in [1.82, 2.24) is 9.88 Å². The highest BCUT2D eigenvalue weighted by Crippen LogP contribution is 2.35. The van der Waals surface area contributed by atoms with Gasteiger partial charge in [0.2, 0.25) is 0 Å². The van der Waals surface area contributed by atoms with Gasteiger partial charge in [0, 0.05) is 24.2 Å². The summed E-state index contributed by atoms with van der Waals surface area (Å²) in [5.74, 6) is 6.71. The van der Waals surface area contributed by atoms with Crippen LogP contribution in [-0.4, -0.2) is 40.2 Å². The predicted molar refractivity (Wildman–Crippen MR) is 120 cm³/mol. The first-order valence-corrected chi connectivity index (χ1v) is 10.4. The molecule has 4 heterocycles. The van der Waals surface area contributed by atoms with E-state index in [1.54, 1.807) is 18.3 Å². The van der Waals surface area contributed by atoms with Crippen molar-refractivity contribution in [1.29, 1.82) is 0 Å². The molecule has 0 radical (unpaired) electrons. The van der Waals surface area contributed by atoms with Crippen molar-refractivity contribution >= 4 is 5.70 Å². The number of nitrogens with zero attached hydrogens (tertiary/aromatic N) is 2. The van der Waals surface area contributed by atoms with E-state index in [9.17, 15) is 5.11 Å². The molecule has 1 aromatic heterocycles. The van der Waals surface area contributed by atoms with E-state index in [-0.39, 0.29) is 5.92 Å². The maximum absolute atomic E-state index is 11.2. The van der Waals surface area contributed by atoms with Gasteiger partial charge in [0.05, 0.1) is 11.4 Å². The number of hydrogen-bond donors (Lipinski definition) is 3. The van der Waals surface area contributed by atoms with Gasteiger partial charge >= 0.3 is 0 Å². The van der Waals surface area contributed by atoms with Gasteiger partial charge in [0.15, 0.2) is 0 Å². The Bertz CT molecular complexity index is 1010. The van der Waals surface area contributed by atoms with Crippen molar-refractivity contribution in [2.24, 2.45) is 17.4 Å². The van der Waals surface area contributed by atoms with Crippen molar-refractivity contribution in [2.75, 3.05) is 19.6 Å². The van der Waals surface area contributed by atoms with E-state index in [1.165, 1.54) is 11.8 Å². The molecule has 30 heavy (non-hydrogen) atoms. The Labute approximate surface area is 178 Å². The summed E-state index contributed by atoms with van der Waals surface area (Å²) < 4.78 is 0. The Balaban J connectivity index is 1.68. The molecule has 2 aromatic rings. The van der Waals surface area contributed by atoms with Crippen LogP contribution in [0.3, 0.4) is 0 Å². The monoisotopic (exact) mass is 400 g/mol. The first kappa shape index (κ1) is 20.2. The minimum atomic E-state index is -0.940. The highest BCUT2D eigenvalue weighted by atomic mass is 16.3. The van der Waals surface area contributed by atoms with Gasteiger partial charge in [0.25, 0.3) is 0 Å². The summed E-state index contributed by atoms with van der Waals surface area (Å²) in [5, 5.41) is 11.2. The van der Waals surface area contributed by atoms with Crippen LogP contribution in [-0.2, 0) is 6.42 Å². The average Bonchev–Trinajstić information content (AvgIpc) is 2.78. The first-order chi connectivity index (χ1) is 14.6. The van der Waals surface area contributed by atoms with Gasteiger partial charge in [-0.2, -0.15) is 0 Å². The lowest BCUT2D eigenvalue weighted by atomic mass is 9.75. The van der Waals surface area contributed by atoms with Gasteiger partial charge < -0.3 is 16.6 Å². The number of pyridine rings is 1. The third-order valence-electron chi connectivity index (χ3n) is 6.05. The van der Waals surface area contributed by atoms with Gasteiger partial charge in [-0.05, 0) is 67.9 Å². The lowest BCUT2D eigenvalue weighted by Gasteiger charge is -2.47. The van der Waals surface area contributed by atoms with Crippen LogP contribution < -0.4 is 11.5 Å². The molecule has 0 aliphatic carbocycles. The van der Waals surface area contributed by atoms with Gasteiger partial charge in [-0.3, -0.25) is 9.88 Å². The minimum absolute atomic E-state index is 0.251. The Morgan fingerprint density at radius 3 is 2.70 bits per heavy atom. The van der Waals surface area contributed by atoms with E-state index in [1.807, 2.05) is 24.3 Å². The summed E-state index contributed by atoms with van der Waals surface area (Å²) in [5.41, 5.74) is 14.9. The Hall–Kier alpha value is -3.07. The number of aliphatic hydroxyl groups is 1. The molecule has 0 saturated carbocycles. The summed E-state index contributed by atoms with van der Waals surface area (Å²) >= 11 is 0. The quantitative estimate of drug-likeness (QED) is 0.541. The van der Waals surface area contributed by atoms with E-state index < -0.39 is 5.60 Å². The van der Waals surface area contributed by atoms with Crippen LogP contribution in [0.4, 0.5) is 0 Å². The molecule has 3 saturated heterocycles. The molecular weight excluding hydrogens is 372 g/mol. The number of fused-ring (bicyclic) bond motifs is 3. The number of aromatic nitrogens is 1. The van der Waals surface area contributed by atoms with E-state index in [0.717, 1.165) is 37.1 Å². The van der Waals surface area contributed by atoms with E-state index in [0.29, 0.717) is 24.4 Å². The molecule has 1 atom stereocenters. The number of rotatable bonds is 4. The number of allylic oxidation sites excluding steroid dienone is 2. The molecule has 5 rings (SSSR count). The van der Waals surface area contributed by atoms with E-state index in [2.05, 4.69) is 33.9 Å². The van der Waals surface area contributed by atoms with Crippen molar-refractivity contribution in [2.45, 2.75) is 24.9 Å². The van der Waals surface area contributed by atoms with Gasteiger partial charge in [0.1, 0.15) is 5.60 Å². The fourth-order valence-electron chi connectivity index (χ4n) is 4.33. The third kappa shape index (κ3) is 4.40. The highest BCUT2D eigenvalue weighted by Gasteiger charge is 2.44. The standard InChI is InChI=1S/C25H28N4O/c26-12-4-7-23(27)24-16-21(15-19-5-2-1-3-6-19)20(17-28-24)8-11-25(30)18-29-13-9-22(25)10-14-29/h1-7,12,16-17,22,30H,9-10,13-15,18,26-27H2/b12-4-,23-7-.